The molecule has 2 aliphatic rings. The molecule has 10 heteroatoms. The molecule has 2 rings (SSSR count). The monoisotopic (exact) mass is 345 g/mol. The quantitative estimate of drug-likeness (QED) is 0.322. The first-order chi connectivity index (χ1) is 9.38. The second-order valence-corrected chi connectivity index (χ2v) is 7.58. The zero-order chi connectivity index (χ0) is 15.0. The number of fused-ring (bicyclic) bond motifs is 1. The first kappa shape index (κ1) is 19.6. The van der Waals surface area contributed by atoms with Crippen LogP contribution in [0.25, 0.3) is 0 Å². The van der Waals surface area contributed by atoms with Crippen LogP contribution in [-0.2, 0) is 9.59 Å². The van der Waals surface area contributed by atoms with Gasteiger partial charge in [0, 0.05) is 5.75 Å². The molecule has 0 radical (unpaired) electrons. The number of aliphatic hydroxyl groups excluding tert-OH is 3. The van der Waals surface area contributed by atoms with Crippen LogP contribution in [0, 0.1) is 5.92 Å². The van der Waals surface area contributed by atoms with Crippen molar-refractivity contribution in [1.82, 2.24) is 4.90 Å². The van der Waals surface area contributed by atoms with Gasteiger partial charge in [-0.25, -0.2) is 0 Å². The Morgan fingerprint density at radius 3 is 2.62 bits per heavy atom. The zero-order valence-corrected chi connectivity index (χ0v) is 15.3. The molecule has 0 spiro atoms. The molecule has 21 heavy (non-hydrogen) atoms. The summed E-state index contributed by atoms with van der Waals surface area (Å²) in [5.74, 6) is -2.13. The van der Waals surface area contributed by atoms with Gasteiger partial charge in [0.05, 0.1) is 46.7 Å². The molecule has 2 unspecified atom stereocenters. The van der Waals surface area contributed by atoms with Gasteiger partial charge in [0.25, 0.3) is 0 Å². The summed E-state index contributed by atoms with van der Waals surface area (Å²) in [7, 11) is 0. The maximum absolute atomic E-state index is 11.9. The van der Waals surface area contributed by atoms with E-state index in [1.54, 1.807) is 0 Å². The van der Waals surface area contributed by atoms with E-state index in [9.17, 15) is 24.9 Å². The number of hydrogen-bond donors (Lipinski definition) is 3. The van der Waals surface area contributed by atoms with Gasteiger partial charge in [0.2, 0.25) is 5.91 Å². The van der Waals surface area contributed by atoms with Crippen molar-refractivity contribution >= 4 is 35.4 Å². The topological polar surface area (TPSA) is 121 Å². The van der Waals surface area contributed by atoms with Crippen LogP contribution in [0.4, 0.5) is 0 Å². The van der Waals surface area contributed by atoms with E-state index in [2.05, 4.69) is 0 Å². The van der Waals surface area contributed by atoms with Gasteiger partial charge in [-0.1, -0.05) is 0 Å². The van der Waals surface area contributed by atoms with Crippen LogP contribution in [0.15, 0.2) is 0 Å². The van der Waals surface area contributed by atoms with E-state index in [1.807, 2.05) is 0 Å². The number of carboxylic acids is 1. The Balaban J connectivity index is 0.00000220. The fourth-order valence-corrected chi connectivity index (χ4v) is 5.74. The molecule has 1 amide bonds. The number of hydrogen-bond acceptors (Lipinski definition) is 8. The maximum atomic E-state index is 11.9. The predicted octanol–water partition coefficient (Wildman–Crippen LogP) is -5.57. The van der Waals surface area contributed by atoms with E-state index in [0.29, 0.717) is 0 Å². The summed E-state index contributed by atoms with van der Waals surface area (Å²) < 4.78 is -0.473. The Labute approximate surface area is 152 Å². The van der Waals surface area contributed by atoms with Crippen molar-refractivity contribution in [3.63, 3.8) is 0 Å². The summed E-state index contributed by atoms with van der Waals surface area (Å²) in [4.78, 5) is 24.4. The molecule has 0 saturated carbocycles. The molecule has 0 aromatic heterocycles. The maximum Gasteiger partial charge on any atom is 1.00 e. The molecule has 7 nitrogen and oxygen atoms in total. The van der Waals surface area contributed by atoms with Crippen LogP contribution in [0.3, 0.4) is 0 Å². The second-order valence-electron chi connectivity index (χ2n) is 4.84. The molecular formula is C11H16NNaO6S2. The molecule has 2 aliphatic heterocycles. The van der Waals surface area contributed by atoms with Crippen LogP contribution in [0.5, 0.6) is 0 Å². The minimum absolute atomic E-state index is 0. The summed E-state index contributed by atoms with van der Waals surface area (Å²) in [6.45, 7) is 1.10. The van der Waals surface area contributed by atoms with Crippen LogP contribution >= 0.6 is 23.5 Å². The largest absolute Gasteiger partial charge is 1.00 e. The molecule has 0 bridgehead atoms. The third-order valence-electron chi connectivity index (χ3n) is 3.38. The summed E-state index contributed by atoms with van der Waals surface area (Å²) in [5, 5.41) is 38.5. The van der Waals surface area contributed by atoms with Gasteiger partial charge in [0.15, 0.2) is 0 Å². The summed E-state index contributed by atoms with van der Waals surface area (Å²) in [6.07, 6.45) is -1.76. The van der Waals surface area contributed by atoms with E-state index in [4.69, 9.17) is 5.11 Å². The standard InChI is InChI=1S/C11H17NO6S2.Na/c1-4(14)6-8(16)12-7(10(17)18)11(20-9(6)12)19-3-5(15)2-13;/h4-7,9,11,13-15H,2-3H2,1H3,(H,17,18);/q;+1/p-1/t4?,5?,6-,7-,9-,11-;/m1./s1. The van der Waals surface area contributed by atoms with Crippen LogP contribution in [0.1, 0.15) is 6.92 Å². The van der Waals surface area contributed by atoms with Crippen molar-refractivity contribution in [2.75, 3.05) is 12.4 Å². The first-order valence-corrected chi connectivity index (χ1v) is 8.14. The third kappa shape index (κ3) is 3.72. The number of amides is 1. The molecule has 3 N–H and O–H groups in total. The molecular weight excluding hydrogens is 329 g/mol. The van der Waals surface area contributed by atoms with Crippen molar-refractivity contribution in [2.45, 2.75) is 35.1 Å². The molecule has 0 aromatic rings. The van der Waals surface area contributed by atoms with Crippen molar-refractivity contribution in [1.29, 1.82) is 0 Å². The van der Waals surface area contributed by atoms with Crippen molar-refractivity contribution in [2.24, 2.45) is 5.92 Å². The molecule has 6 atom stereocenters. The number of carbonyl (C=O) groups is 2. The molecule has 2 heterocycles. The smallest absolute Gasteiger partial charge is 0.548 e. The number of carboxylic acid groups (broad SMARTS) is 1. The first-order valence-electron chi connectivity index (χ1n) is 6.15. The number of aliphatic hydroxyl groups is 3. The van der Waals surface area contributed by atoms with Crippen LogP contribution < -0.4 is 34.7 Å². The van der Waals surface area contributed by atoms with Crippen LogP contribution in [-0.4, -0.2) is 72.7 Å². The Hall–Kier alpha value is 0.520. The predicted molar refractivity (Wildman–Crippen MR) is 71.5 cm³/mol. The third-order valence-corrected chi connectivity index (χ3v) is 6.61. The minimum Gasteiger partial charge on any atom is -0.548 e. The van der Waals surface area contributed by atoms with Crippen molar-refractivity contribution in [3.05, 3.63) is 0 Å². The minimum atomic E-state index is -1.34. The van der Waals surface area contributed by atoms with E-state index >= 15 is 0 Å². The molecule has 0 aliphatic carbocycles. The van der Waals surface area contributed by atoms with E-state index in [0.717, 1.165) is 0 Å². The van der Waals surface area contributed by atoms with Gasteiger partial charge >= 0.3 is 29.6 Å². The number of nitrogens with zero attached hydrogens (tertiary/aromatic N) is 1. The molecule has 2 fully saturated rings. The number of rotatable bonds is 6. The van der Waals surface area contributed by atoms with Gasteiger partial charge in [-0.05, 0) is 6.92 Å². The van der Waals surface area contributed by atoms with Gasteiger partial charge in [-0.2, -0.15) is 0 Å². The number of aliphatic carboxylic acids is 1. The molecule has 114 valence electrons. The fraction of sp³-hybridized carbons (Fsp3) is 0.818. The Kier molecular flexibility index (Phi) is 7.33. The Morgan fingerprint density at radius 2 is 2.14 bits per heavy atom. The summed E-state index contributed by atoms with van der Waals surface area (Å²) in [5.41, 5.74) is 0. The Bertz CT molecular complexity index is 412. The number of β-lactam (4-membered cyclic amide) rings is 1. The summed E-state index contributed by atoms with van der Waals surface area (Å²) in [6, 6.07) is -1.07. The zero-order valence-electron chi connectivity index (χ0n) is 11.7. The van der Waals surface area contributed by atoms with Gasteiger partial charge in [0.1, 0.15) is 0 Å². The van der Waals surface area contributed by atoms with E-state index in [1.165, 1.54) is 35.3 Å². The van der Waals surface area contributed by atoms with Crippen LogP contribution in [0.2, 0.25) is 0 Å². The SMILES string of the molecule is CC(O)[C@@H]1C(=O)N2[C@@H]1S[C@@H](SCC(O)CO)[C@H]2C(=O)[O-].[Na+]. The van der Waals surface area contributed by atoms with E-state index in [-0.39, 0.29) is 46.6 Å². The molecule has 2 saturated heterocycles. The van der Waals surface area contributed by atoms with Gasteiger partial charge < -0.3 is 30.1 Å². The average molecular weight is 345 g/mol. The molecule has 0 aromatic carbocycles. The number of carbonyl (C=O) groups excluding carboxylic acids is 2. The Morgan fingerprint density at radius 1 is 1.52 bits per heavy atom. The second kappa shape index (κ2) is 7.87. The van der Waals surface area contributed by atoms with Crippen molar-refractivity contribution in [3.8, 4) is 0 Å². The van der Waals surface area contributed by atoms with E-state index < -0.39 is 41.3 Å². The normalized spacial score (nSPS) is 33.7. The van der Waals surface area contributed by atoms with Crippen molar-refractivity contribution < 1.29 is 59.6 Å². The fourth-order valence-electron chi connectivity index (χ4n) is 2.36. The number of thioether (sulfide) groups is 2. The summed E-state index contributed by atoms with van der Waals surface area (Å²) >= 11 is 2.46. The van der Waals surface area contributed by atoms with Gasteiger partial charge in [-0.15, -0.1) is 23.5 Å². The van der Waals surface area contributed by atoms with Gasteiger partial charge in [-0.3, -0.25) is 4.79 Å². The average Bonchev–Trinajstić information content (AvgIpc) is 2.69.